The first-order chi connectivity index (χ1) is 10.3. The Morgan fingerprint density at radius 1 is 1.19 bits per heavy atom. The van der Waals surface area contributed by atoms with Crippen molar-refractivity contribution in [3.63, 3.8) is 0 Å². The average molecular weight is 291 g/mol. The minimum absolute atomic E-state index is 0.145. The minimum atomic E-state index is -0.145. The van der Waals surface area contributed by atoms with Crippen LogP contribution in [-0.4, -0.2) is 32.5 Å². The van der Waals surface area contributed by atoms with Gasteiger partial charge >= 0.3 is 0 Å². The molecule has 0 saturated carbocycles. The molecule has 21 heavy (non-hydrogen) atoms. The molecular formula is C18H29NO2. The molecule has 1 N–H and O–H groups in total. The molecule has 1 atom stereocenters. The first-order valence-corrected chi connectivity index (χ1v) is 8.23. The van der Waals surface area contributed by atoms with Gasteiger partial charge in [0.2, 0.25) is 0 Å². The normalized spacial score (nSPS) is 19.4. The van der Waals surface area contributed by atoms with E-state index in [2.05, 4.69) is 43.4 Å². The highest BCUT2D eigenvalue weighted by Crippen LogP contribution is 2.37. The summed E-state index contributed by atoms with van der Waals surface area (Å²) >= 11 is 0. The molecule has 1 heterocycles. The summed E-state index contributed by atoms with van der Waals surface area (Å²) in [6.45, 7) is 6.61. The molecule has 1 unspecified atom stereocenters. The van der Waals surface area contributed by atoms with Gasteiger partial charge < -0.3 is 14.8 Å². The second-order valence-corrected chi connectivity index (χ2v) is 5.82. The summed E-state index contributed by atoms with van der Waals surface area (Å²) in [4.78, 5) is 0. The van der Waals surface area contributed by atoms with E-state index in [9.17, 15) is 0 Å². The standard InChI is InChI=1S/C18H29NO2/c1-4-6-15-7-9-16(10-8-15)17(19-3)18(21-5-2)11-13-20-14-12-18/h7-10,17,19H,4-6,11-14H2,1-3H3. The zero-order valence-electron chi connectivity index (χ0n) is 13.7. The molecule has 1 aliphatic heterocycles. The molecule has 3 nitrogen and oxygen atoms in total. The SMILES string of the molecule is CCCc1ccc(C(NC)C2(OCC)CCOCC2)cc1. The smallest absolute Gasteiger partial charge is 0.0919 e. The van der Waals surface area contributed by atoms with Crippen molar-refractivity contribution in [2.75, 3.05) is 26.9 Å². The molecular weight excluding hydrogens is 262 g/mol. The maximum absolute atomic E-state index is 6.21. The van der Waals surface area contributed by atoms with Gasteiger partial charge in [-0.3, -0.25) is 0 Å². The van der Waals surface area contributed by atoms with Crippen LogP contribution in [-0.2, 0) is 15.9 Å². The van der Waals surface area contributed by atoms with E-state index in [1.54, 1.807) is 0 Å². The van der Waals surface area contributed by atoms with Crippen molar-refractivity contribution in [3.8, 4) is 0 Å². The number of likely N-dealkylation sites (N-methyl/N-ethyl adjacent to an activating group) is 1. The Hall–Kier alpha value is -0.900. The minimum Gasteiger partial charge on any atom is -0.381 e. The first-order valence-electron chi connectivity index (χ1n) is 8.23. The second kappa shape index (κ2) is 7.92. The molecule has 118 valence electrons. The fourth-order valence-electron chi connectivity index (χ4n) is 3.42. The predicted molar refractivity (Wildman–Crippen MR) is 86.6 cm³/mol. The lowest BCUT2D eigenvalue weighted by Gasteiger charge is -2.43. The molecule has 1 aromatic carbocycles. The summed E-state index contributed by atoms with van der Waals surface area (Å²) in [7, 11) is 2.03. The molecule has 0 amide bonds. The Labute approximate surface area is 129 Å². The number of benzene rings is 1. The van der Waals surface area contributed by atoms with E-state index >= 15 is 0 Å². The van der Waals surface area contributed by atoms with Gasteiger partial charge in [-0.1, -0.05) is 37.6 Å². The van der Waals surface area contributed by atoms with Gasteiger partial charge in [-0.05, 0) is 31.5 Å². The lowest BCUT2D eigenvalue weighted by molar-refractivity contribution is -0.127. The quantitative estimate of drug-likeness (QED) is 0.834. The van der Waals surface area contributed by atoms with Gasteiger partial charge in [-0.25, -0.2) is 0 Å². The third-order valence-corrected chi connectivity index (χ3v) is 4.44. The topological polar surface area (TPSA) is 30.5 Å². The van der Waals surface area contributed by atoms with E-state index in [0.717, 1.165) is 39.1 Å². The summed E-state index contributed by atoms with van der Waals surface area (Å²) in [6, 6.07) is 9.23. The Morgan fingerprint density at radius 3 is 2.38 bits per heavy atom. The molecule has 0 aliphatic carbocycles. The molecule has 1 saturated heterocycles. The van der Waals surface area contributed by atoms with Crippen molar-refractivity contribution >= 4 is 0 Å². The Morgan fingerprint density at radius 2 is 1.86 bits per heavy atom. The van der Waals surface area contributed by atoms with Crippen LogP contribution in [0.3, 0.4) is 0 Å². The highest BCUT2D eigenvalue weighted by atomic mass is 16.5. The third-order valence-electron chi connectivity index (χ3n) is 4.44. The highest BCUT2D eigenvalue weighted by Gasteiger charge is 2.41. The van der Waals surface area contributed by atoms with E-state index in [4.69, 9.17) is 9.47 Å². The van der Waals surface area contributed by atoms with Gasteiger partial charge in [0.25, 0.3) is 0 Å². The highest BCUT2D eigenvalue weighted by molar-refractivity contribution is 5.27. The van der Waals surface area contributed by atoms with Crippen molar-refractivity contribution in [1.82, 2.24) is 5.32 Å². The van der Waals surface area contributed by atoms with Gasteiger partial charge in [0, 0.05) is 32.7 Å². The van der Waals surface area contributed by atoms with Gasteiger partial charge in [-0.2, -0.15) is 0 Å². The largest absolute Gasteiger partial charge is 0.381 e. The third kappa shape index (κ3) is 3.85. The number of aryl methyl sites for hydroxylation is 1. The molecule has 0 bridgehead atoms. The summed E-state index contributed by atoms with van der Waals surface area (Å²) in [5.41, 5.74) is 2.58. The number of nitrogens with one attached hydrogen (secondary N) is 1. The second-order valence-electron chi connectivity index (χ2n) is 5.82. The lowest BCUT2D eigenvalue weighted by Crippen LogP contribution is -2.49. The van der Waals surface area contributed by atoms with E-state index in [-0.39, 0.29) is 11.6 Å². The predicted octanol–water partition coefficient (Wildman–Crippen LogP) is 3.49. The van der Waals surface area contributed by atoms with Crippen LogP contribution in [0.15, 0.2) is 24.3 Å². The van der Waals surface area contributed by atoms with Crippen LogP contribution in [0.1, 0.15) is 50.3 Å². The number of hydrogen-bond donors (Lipinski definition) is 1. The molecule has 1 aliphatic rings. The summed E-state index contributed by atoms with van der Waals surface area (Å²) < 4.78 is 11.8. The van der Waals surface area contributed by atoms with Gasteiger partial charge in [0.1, 0.15) is 0 Å². The molecule has 0 spiro atoms. The monoisotopic (exact) mass is 291 g/mol. The zero-order chi connectivity index (χ0) is 15.1. The van der Waals surface area contributed by atoms with Crippen LogP contribution < -0.4 is 5.32 Å². The molecule has 0 aromatic heterocycles. The number of ether oxygens (including phenoxy) is 2. The zero-order valence-corrected chi connectivity index (χ0v) is 13.7. The van der Waals surface area contributed by atoms with Crippen LogP contribution >= 0.6 is 0 Å². The summed E-state index contributed by atoms with van der Waals surface area (Å²) in [6.07, 6.45) is 4.23. The Kier molecular flexibility index (Phi) is 6.22. The van der Waals surface area contributed by atoms with Gasteiger partial charge in [-0.15, -0.1) is 0 Å². The van der Waals surface area contributed by atoms with Crippen LogP contribution in [0.4, 0.5) is 0 Å². The van der Waals surface area contributed by atoms with E-state index in [0.29, 0.717) is 0 Å². The maximum atomic E-state index is 6.21. The van der Waals surface area contributed by atoms with Gasteiger partial charge in [0.15, 0.2) is 0 Å². The van der Waals surface area contributed by atoms with E-state index in [1.807, 2.05) is 7.05 Å². The summed E-state index contributed by atoms with van der Waals surface area (Å²) in [5, 5.41) is 3.48. The lowest BCUT2D eigenvalue weighted by atomic mass is 9.81. The van der Waals surface area contributed by atoms with Crippen LogP contribution in [0.25, 0.3) is 0 Å². The Balaban J connectivity index is 2.22. The fraction of sp³-hybridized carbons (Fsp3) is 0.667. The van der Waals surface area contributed by atoms with Crippen molar-refractivity contribution in [2.24, 2.45) is 0 Å². The fourth-order valence-corrected chi connectivity index (χ4v) is 3.42. The van der Waals surface area contributed by atoms with Crippen LogP contribution in [0.5, 0.6) is 0 Å². The molecule has 0 radical (unpaired) electrons. The van der Waals surface area contributed by atoms with Crippen molar-refractivity contribution < 1.29 is 9.47 Å². The molecule has 3 heteroatoms. The van der Waals surface area contributed by atoms with Crippen molar-refractivity contribution in [2.45, 2.75) is 51.2 Å². The van der Waals surface area contributed by atoms with Gasteiger partial charge in [0.05, 0.1) is 11.6 Å². The molecule has 1 aromatic rings. The number of rotatable bonds is 7. The van der Waals surface area contributed by atoms with Crippen LogP contribution in [0.2, 0.25) is 0 Å². The van der Waals surface area contributed by atoms with Crippen molar-refractivity contribution in [3.05, 3.63) is 35.4 Å². The maximum Gasteiger partial charge on any atom is 0.0919 e. The average Bonchev–Trinajstić information content (AvgIpc) is 2.51. The van der Waals surface area contributed by atoms with E-state index in [1.165, 1.54) is 17.5 Å². The Bertz CT molecular complexity index is 404. The van der Waals surface area contributed by atoms with Crippen molar-refractivity contribution in [1.29, 1.82) is 0 Å². The molecule has 2 rings (SSSR count). The number of hydrogen-bond acceptors (Lipinski definition) is 3. The molecule has 1 fully saturated rings. The van der Waals surface area contributed by atoms with E-state index < -0.39 is 0 Å². The summed E-state index contributed by atoms with van der Waals surface area (Å²) in [5.74, 6) is 0. The first kappa shape index (κ1) is 16.5. The van der Waals surface area contributed by atoms with Crippen LogP contribution in [0, 0.1) is 0 Å².